The Labute approximate surface area is 176 Å². The van der Waals surface area contributed by atoms with Crippen molar-refractivity contribution in [2.75, 3.05) is 6.54 Å². The lowest BCUT2D eigenvalue weighted by atomic mass is 9.96. The molecule has 2 N–H and O–H groups in total. The second-order valence-corrected chi connectivity index (χ2v) is 7.23. The number of carbonyl (C=O) groups is 3. The summed E-state index contributed by atoms with van der Waals surface area (Å²) in [6.45, 7) is 4.00. The number of halogens is 1. The topological polar surface area (TPSA) is 102 Å². The highest BCUT2D eigenvalue weighted by atomic mass is 35.5. The first kappa shape index (κ1) is 24.8. The van der Waals surface area contributed by atoms with Crippen LogP contribution in [0.3, 0.4) is 0 Å². The molecular weight excluding hydrogens is 398 g/mol. The first-order valence-electron chi connectivity index (χ1n) is 9.96. The summed E-state index contributed by atoms with van der Waals surface area (Å²) in [5.74, 6) is -1.82. The van der Waals surface area contributed by atoms with Gasteiger partial charge in [-0.2, -0.15) is 0 Å². The lowest BCUT2D eigenvalue weighted by Gasteiger charge is -2.20. The van der Waals surface area contributed by atoms with E-state index in [-0.39, 0.29) is 19.4 Å². The molecule has 0 aliphatic carbocycles. The van der Waals surface area contributed by atoms with E-state index in [1.165, 1.54) is 0 Å². The molecule has 0 bridgehead atoms. The SMILES string of the molecule is CCCCCC(=O)OC(CCC)OC(=O)NC[C@H](CC(=O)O)c1ccc(Cl)cc1. The Bertz CT molecular complexity index is 649. The molecule has 1 amide bonds. The summed E-state index contributed by atoms with van der Waals surface area (Å²) in [5, 5.41) is 12.2. The van der Waals surface area contributed by atoms with Gasteiger partial charge in [-0.05, 0) is 30.5 Å². The van der Waals surface area contributed by atoms with E-state index >= 15 is 0 Å². The lowest BCUT2D eigenvalue weighted by Crippen LogP contribution is -2.34. The number of carboxylic acids is 1. The van der Waals surface area contributed by atoms with Crippen LogP contribution in [0.4, 0.5) is 4.79 Å². The molecule has 0 heterocycles. The molecule has 0 aliphatic heterocycles. The van der Waals surface area contributed by atoms with Crippen LogP contribution in [0.15, 0.2) is 24.3 Å². The van der Waals surface area contributed by atoms with Gasteiger partial charge in [0.25, 0.3) is 0 Å². The van der Waals surface area contributed by atoms with Gasteiger partial charge in [0.2, 0.25) is 6.29 Å². The maximum absolute atomic E-state index is 12.2. The van der Waals surface area contributed by atoms with Gasteiger partial charge in [0, 0.05) is 30.3 Å². The van der Waals surface area contributed by atoms with E-state index < -0.39 is 30.2 Å². The Kier molecular flexibility index (Phi) is 11.8. The highest BCUT2D eigenvalue weighted by Gasteiger charge is 2.21. The van der Waals surface area contributed by atoms with Crippen LogP contribution in [0.2, 0.25) is 5.02 Å². The number of carboxylic acid groups (broad SMARTS) is 1. The number of benzene rings is 1. The minimum absolute atomic E-state index is 0.0655. The number of amides is 1. The summed E-state index contributed by atoms with van der Waals surface area (Å²) in [7, 11) is 0. The molecule has 0 saturated carbocycles. The van der Waals surface area contributed by atoms with Gasteiger partial charge < -0.3 is 19.9 Å². The Balaban J connectivity index is 2.59. The quantitative estimate of drug-likeness (QED) is 0.264. The van der Waals surface area contributed by atoms with E-state index in [1.54, 1.807) is 24.3 Å². The second-order valence-electron chi connectivity index (χ2n) is 6.80. The van der Waals surface area contributed by atoms with E-state index in [1.807, 2.05) is 13.8 Å². The van der Waals surface area contributed by atoms with Crippen molar-refractivity contribution in [3.05, 3.63) is 34.9 Å². The normalized spacial score (nSPS) is 12.7. The van der Waals surface area contributed by atoms with E-state index in [9.17, 15) is 14.4 Å². The molecule has 1 aromatic carbocycles. The number of hydrogen-bond acceptors (Lipinski definition) is 5. The first-order chi connectivity index (χ1) is 13.8. The third-order valence-corrected chi connectivity index (χ3v) is 4.52. The van der Waals surface area contributed by atoms with Gasteiger partial charge in [-0.1, -0.05) is 50.4 Å². The van der Waals surface area contributed by atoms with Crippen molar-refractivity contribution in [3.8, 4) is 0 Å². The zero-order valence-corrected chi connectivity index (χ0v) is 17.7. The van der Waals surface area contributed by atoms with Crippen LogP contribution in [-0.2, 0) is 19.1 Å². The van der Waals surface area contributed by atoms with Crippen molar-refractivity contribution < 1.29 is 29.0 Å². The summed E-state index contributed by atoms with van der Waals surface area (Å²) >= 11 is 5.87. The van der Waals surface area contributed by atoms with Crippen LogP contribution in [0.25, 0.3) is 0 Å². The second kappa shape index (κ2) is 13.8. The van der Waals surface area contributed by atoms with Crippen LogP contribution in [-0.4, -0.2) is 36.0 Å². The maximum atomic E-state index is 12.2. The number of alkyl carbamates (subject to hydrolysis) is 1. The largest absolute Gasteiger partial charge is 0.481 e. The first-order valence-corrected chi connectivity index (χ1v) is 10.3. The summed E-state index contributed by atoms with van der Waals surface area (Å²) < 4.78 is 10.5. The third-order valence-electron chi connectivity index (χ3n) is 4.27. The molecule has 1 rings (SSSR count). The van der Waals surface area contributed by atoms with Gasteiger partial charge in [0.05, 0.1) is 6.42 Å². The average molecular weight is 428 g/mol. The number of unbranched alkanes of at least 4 members (excludes halogenated alkanes) is 2. The minimum atomic E-state index is -0.981. The smallest absolute Gasteiger partial charge is 0.410 e. The minimum Gasteiger partial charge on any atom is -0.481 e. The van der Waals surface area contributed by atoms with Gasteiger partial charge in [-0.25, -0.2) is 4.79 Å². The molecule has 0 saturated heterocycles. The number of esters is 1. The predicted molar refractivity (Wildman–Crippen MR) is 110 cm³/mol. The fraction of sp³-hybridized carbons (Fsp3) is 0.571. The van der Waals surface area contributed by atoms with Crippen molar-refractivity contribution in [1.29, 1.82) is 0 Å². The van der Waals surface area contributed by atoms with E-state index in [0.717, 1.165) is 24.8 Å². The predicted octanol–water partition coefficient (Wildman–Crippen LogP) is 4.87. The number of hydrogen-bond donors (Lipinski definition) is 2. The monoisotopic (exact) mass is 427 g/mol. The zero-order valence-electron chi connectivity index (χ0n) is 17.0. The van der Waals surface area contributed by atoms with E-state index in [0.29, 0.717) is 17.9 Å². The fourth-order valence-corrected chi connectivity index (χ4v) is 2.85. The molecule has 8 heteroatoms. The number of ether oxygens (including phenoxy) is 2. The van der Waals surface area contributed by atoms with Crippen LogP contribution in [0.5, 0.6) is 0 Å². The van der Waals surface area contributed by atoms with E-state index in [2.05, 4.69) is 5.32 Å². The zero-order chi connectivity index (χ0) is 21.6. The van der Waals surface area contributed by atoms with Gasteiger partial charge in [-0.15, -0.1) is 0 Å². The molecule has 29 heavy (non-hydrogen) atoms. The van der Waals surface area contributed by atoms with Crippen LogP contribution in [0, 0.1) is 0 Å². The molecule has 0 aromatic heterocycles. The molecule has 1 aromatic rings. The molecule has 2 atom stereocenters. The summed E-state index contributed by atoms with van der Waals surface area (Å²) in [6.07, 6.45) is 2.15. The summed E-state index contributed by atoms with van der Waals surface area (Å²) in [6, 6.07) is 6.78. The highest BCUT2D eigenvalue weighted by molar-refractivity contribution is 6.30. The number of rotatable bonds is 13. The fourth-order valence-electron chi connectivity index (χ4n) is 2.72. The molecule has 0 fully saturated rings. The van der Waals surface area contributed by atoms with Crippen molar-refractivity contribution in [2.24, 2.45) is 0 Å². The molecule has 1 unspecified atom stereocenters. The number of nitrogens with one attached hydrogen (secondary N) is 1. The van der Waals surface area contributed by atoms with Crippen LogP contribution >= 0.6 is 11.6 Å². The van der Waals surface area contributed by atoms with Gasteiger partial charge in [0.15, 0.2) is 0 Å². The molecule has 162 valence electrons. The van der Waals surface area contributed by atoms with E-state index in [4.69, 9.17) is 26.2 Å². The molecule has 0 aliphatic rings. The lowest BCUT2D eigenvalue weighted by molar-refractivity contribution is -0.169. The molecule has 7 nitrogen and oxygen atoms in total. The Morgan fingerprint density at radius 2 is 1.76 bits per heavy atom. The Morgan fingerprint density at radius 1 is 1.07 bits per heavy atom. The van der Waals surface area contributed by atoms with Gasteiger partial charge in [0.1, 0.15) is 0 Å². The van der Waals surface area contributed by atoms with Gasteiger partial charge >= 0.3 is 18.0 Å². The number of carbonyl (C=O) groups excluding carboxylic acids is 2. The highest BCUT2D eigenvalue weighted by Crippen LogP contribution is 2.21. The summed E-state index contributed by atoms with van der Waals surface area (Å²) in [5.41, 5.74) is 0.740. The molecule has 0 radical (unpaired) electrons. The van der Waals surface area contributed by atoms with Crippen molar-refractivity contribution in [1.82, 2.24) is 5.32 Å². The summed E-state index contributed by atoms with van der Waals surface area (Å²) in [4.78, 5) is 35.2. The Morgan fingerprint density at radius 3 is 2.34 bits per heavy atom. The standard InChI is InChI=1S/C21H30ClNO6/c1-3-5-6-8-19(26)28-20(7-4-2)29-21(27)23-14-16(13-18(24)25)15-9-11-17(22)12-10-15/h9-12,16,20H,3-8,13-14H2,1-2H3,(H,23,27)(H,24,25)/t16-,20?/m0/s1. The van der Waals surface area contributed by atoms with Gasteiger partial charge in [-0.3, -0.25) is 9.59 Å². The van der Waals surface area contributed by atoms with Crippen LogP contribution in [0.1, 0.15) is 70.3 Å². The van der Waals surface area contributed by atoms with Crippen molar-refractivity contribution in [2.45, 2.75) is 71.0 Å². The van der Waals surface area contributed by atoms with Crippen LogP contribution < -0.4 is 5.32 Å². The third kappa shape index (κ3) is 10.7. The average Bonchev–Trinajstić information content (AvgIpc) is 2.66. The van der Waals surface area contributed by atoms with Crippen molar-refractivity contribution >= 4 is 29.6 Å². The van der Waals surface area contributed by atoms with Crippen molar-refractivity contribution in [3.63, 3.8) is 0 Å². The molecule has 0 spiro atoms. The Hall–Kier alpha value is -2.28. The number of aliphatic carboxylic acids is 1. The molecular formula is C21H30ClNO6. The maximum Gasteiger partial charge on any atom is 0.410 e.